The van der Waals surface area contributed by atoms with E-state index >= 15 is 0 Å². The average molecular weight is 341 g/mol. The van der Waals surface area contributed by atoms with Crippen LogP contribution in [0.3, 0.4) is 0 Å². The van der Waals surface area contributed by atoms with Crippen LogP contribution in [-0.2, 0) is 13.1 Å². The summed E-state index contributed by atoms with van der Waals surface area (Å²) in [4.78, 5) is 8.54. The fraction of sp³-hybridized carbons (Fsp3) is 0.0909. The van der Waals surface area contributed by atoms with Crippen molar-refractivity contribution >= 4 is 10.8 Å². The third-order valence-electron chi connectivity index (χ3n) is 4.41. The second-order valence-corrected chi connectivity index (χ2v) is 6.16. The highest BCUT2D eigenvalue weighted by molar-refractivity contribution is 5.85. The minimum Gasteiger partial charge on any atom is -0.508 e. The fourth-order valence-electron chi connectivity index (χ4n) is 3.09. The molecule has 0 atom stereocenters. The number of phenolic OH excluding ortho intramolecular Hbond substituents is 1. The van der Waals surface area contributed by atoms with E-state index in [-0.39, 0.29) is 5.75 Å². The molecule has 26 heavy (non-hydrogen) atoms. The largest absolute Gasteiger partial charge is 0.508 e. The molecule has 2 N–H and O–H groups in total. The average Bonchev–Trinajstić information content (AvgIpc) is 2.70. The zero-order valence-electron chi connectivity index (χ0n) is 14.3. The van der Waals surface area contributed by atoms with Gasteiger partial charge in [-0.3, -0.25) is 0 Å². The van der Waals surface area contributed by atoms with Crippen LogP contribution in [0.5, 0.6) is 5.75 Å². The smallest absolute Gasteiger partial charge is 0.159 e. The van der Waals surface area contributed by atoms with Crippen LogP contribution in [0.15, 0.2) is 79.1 Å². The van der Waals surface area contributed by atoms with E-state index in [1.54, 1.807) is 24.5 Å². The third kappa shape index (κ3) is 3.41. The quantitative estimate of drug-likeness (QED) is 0.568. The van der Waals surface area contributed by atoms with Crippen LogP contribution in [0.1, 0.15) is 11.1 Å². The van der Waals surface area contributed by atoms with Gasteiger partial charge < -0.3 is 10.4 Å². The second-order valence-electron chi connectivity index (χ2n) is 6.16. The topological polar surface area (TPSA) is 58.0 Å². The Balaban J connectivity index is 1.51. The molecular formula is C22H19N3O. The zero-order valence-corrected chi connectivity index (χ0v) is 14.3. The second kappa shape index (κ2) is 7.33. The molecule has 0 saturated heterocycles. The molecule has 0 saturated carbocycles. The molecule has 0 spiro atoms. The lowest BCUT2D eigenvalue weighted by Crippen LogP contribution is -2.13. The van der Waals surface area contributed by atoms with E-state index in [0.717, 1.165) is 17.7 Å². The van der Waals surface area contributed by atoms with Crippen molar-refractivity contribution < 1.29 is 5.11 Å². The van der Waals surface area contributed by atoms with Crippen LogP contribution in [0.4, 0.5) is 0 Å². The minimum absolute atomic E-state index is 0.273. The van der Waals surface area contributed by atoms with Crippen LogP contribution in [0.25, 0.3) is 22.2 Å². The van der Waals surface area contributed by atoms with Gasteiger partial charge in [0, 0.05) is 36.6 Å². The molecule has 3 aromatic carbocycles. The number of hydrogen-bond acceptors (Lipinski definition) is 4. The van der Waals surface area contributed by atoms with Gasteiger partial charge in [-0.1, -0.05) is 42.5 Å². The highest BCUT2D eigenvalue weighted by Crippen LogP contribution is 2.24. The van der Waals surface area contributed by atoms with Crippen LogP contribution in [-0.4, -0.2) is 15.1 Å². The summed E-state index contributed by atoms with van der Waals surface area (Å²) in [5, 5.41) is 16.1. The Morgan fingerprint density at radius 1 is 0.769 bits per heavy atom. The maximum atomic E-state index is 10.2. The Kier molecular flexibility index (Phi) is 4.58. The molecule has 0 aliphatic carbocycles. The number of benzene rings is 3. The number of aromatic nitrogens is 2. The highest BCUT2D eigenvalue weighted by atomic mass is 16.3. The molecule has 0 aliphatic rings. The summed E-state index contributed by atoms with van der Waals surface area (Å²) in [5.74, 6) is 0.929. The molecule has 0 unspecified atom stereocenters. The Bertz CT molecular complexity index is 1030. The van der Waals surface area contributed by atoms with Crippen molar-refractivity contribution in [3.63, 3.8) is 0 Å². The SMILES string of the molecule is Oc1ccc(-c2ncccn2)cc1CNCc1cccc2ccccc12. The van der Waals surface area contributed by atoms with Crippen LogP contribution >= 0.6 is 0 Å². The van der Waals surface area contributed by atoms with Gasteiger partial charge in [-0.2, -0.15) is 0 Å². The van der Waals surface area contributed by atoms with Crippen molar-refractivity contribution in [2.24, 2.45) is 0 Å². The van der Waals surface area contributed by atoms with Gasteiger partial charge in [0.25, 0.3) is 0 Å². The molecule has 0 aliphatic heterocycles. The molecule has 4 nitrogen and oxygen atoms in total. The summed E-state index contributed by atoms with van der Waals surface area (Å²) in [6, 6.07) is 21.9. The standard InChI is InChI=1S/C22H19N3O/c26-21-10-9-17(22-24-11-4-12-25-22)13-19(21)15-23-14-18-7-3-6-16-5-1-2-8-20(16)18/h1-13,23,26H,14-15H2. The minimum atomic E-state index is 0.273. The molecule has 4 aromatic rings. The molecule has 4 heteroatoms. The van der Waals surface area contributed by atoms with Gasteiger partial charge >= 0.3 is 0 Å². The number of hydrogen-bond donors (Lipinski definition) is 2. The summed E-state index contributed by atoms with van der Waals surface area (Å²) in [6.07, 6.45) is 3.43. The monoisotopic (exact) mass is 341 g/mol. The molecule has 4 rings (SSSR count). The number of nitrogens with one attached hydrogen (secondary N) is 1. The number of nitrogens with zero attached hydrogens (tertiary/aromatic N) is 2. The number of phenols is 1. The first kappa shape index (κ1) is 16.2. The van der Waals surface area contributed by atoms with Crippen molar-refractivity contribution in [2.45, 2.75) is 13.1 Å². The number of fused-ring (bicyclic) bond motifs is 1. The maximum absolute atomic E-state index is 10.2. The zero-order chi connectivity index (χ0) is 17.8. The van der Waals surface area contributed by atoms with E-state index in [1.165, 1.54) is 16.3 Å². The van der Waals surface area contributed by atoms with Crippen molar-refractivity contribution in [1.82, 2.24) is 15.3 Å². The van der Waals surface area contributed by atoms with Gasteiger partial charge in [0.2, 0.25) is 0 Å². The van der Waals surface area contributed by atoms with Gasteiger partial charge in [0.1, 0.15) is 5.75 Å². The first-order valence-electron chi connectivity index (χ1n) is 8.58. The lowest BCUT2D eigenvalue weighted by atomic mass is 10.0. The first-order valence-corrected chi connectivity index (χ1v) is 8.58. The Labute approximate surface area is 152 Å². The third-order valence-corrected chi connectivity index (χ3v) is 4.41. The molecule has 0 fully saturated rings. The van der Waals surface area contributed by atoms with Crippen LogP contribution in [0.2, 0.25) is 0 Å². The normalized spacial score (nSPS) is 10.9. The lowest BCUT2D eigenvalue weighted by molar-refractivity contribution is 0.464. The van der Waals surface area contributed by atoms with Crippen LogP contribution in [0, 0.1) is 0 Å². The molecule has 1 heterocycles. The molecule has 0 amide bonds. The van der Waals surface area contributed by atoms with E-state index < -0.39 is 0 Å². The van der Waals surface area contributed by atoms with E-state index in [9.17, 15) is 5.11 Å². The van der Waals surface area contributed by atoms with Crippen molar-refractivity contribution in [2.75, 3.05) is 0 Å². The lowest BCUT2D eigenvalue weighted by Gasteiger charge is -2.10. The molecule has 0 bridgehead atoms. The summed E-state index contributed by atoms with van der Waals surface area (Å²) in [7, 11) is 0. The molecule has 0 radical (unpaired) electrons. The summed E-state index contributed by atoms with van der Waals surface area (Å²) < 4.78 is 0. The van der Waals surface area contributed by atoms with Gasteiger partial charge in [-0.15, -0.1) is 0 Å². The van der Waals surface area contributed by atoms with Crippen LogP contribution < -0.4 is 5.32 Å². The maximum Gasteiger partial charge on any atom is 0.159 e. The van der Waals surface area contributed by atoms with E-state index in [1.807, 2.05) is 12.1 Å². The van der Waals surface area contributed by atoms with E-state index in [0.29, 0.717) is 12.4 Å². The number of rotatable bonds is 5. The van der Waals surface area contributed by atoms with Crippen molar-refractivity contribution in [3.8, 4) is 17.1 Å². The van der Waals surface area contributed by atoms with Gasteiger partial charge in [-0.05, 0) is 40.6 Å². The molecule has 1 aromatic heterocycles. The predicted octanol–water partition coefficient (Wildman–Crippen LogP) is 4.29. The Morgan fingerprint density at radius 2 is 1.54 bits per heavy atom. The Morgan fingerprint density at radius 3 is 2.42 bits per heavy atom. The van der Waals surface area contributed by atoms with Gasteiger partial charge in [0.15, 0.2) is 5.82 Å². The van der Waals surface area contributed by atoms with Crippen molar-refractivity contribution in [3.05, 3.63) is 90.3 Å². The molecule has 128 valence electrons. The van der Waals surface area contributed by atoms with Crippen molar-refractivity contribution in [1.29, 1.82) is 0 Å². The summed E-state index contributed by atoms with van der Waals surface area (Å²) >= 11 is 0. The van der Waals surface area contributed by atoms with E-state index in [2.05, 4.69) is 57.7 Å². The van der Waals surface area contributed by atoms with Gasteiger partial charge in [0.05, 0.1) is 0 Å². The molecular weight excluding hydrogens is 322 g/mol. The predicted molar refractivity (Wildman–Crippen MR) is 104 cm³/mol. The highest BCUT2D eigenvalue weighted by Gasteiger charge is 2.07. The van der Waals surface area contributed by atoms with E-state index in [4.69, 9.17) is 0 Å². The summed E-state index contributed by atoms with van der Waals surface area (Å²) in [6.45, 7) is 1.29. The fourth-order valence-corrected chi connectivity index (χ4v) is 3.09. The summed E-state index contributed by atoms with van der Waals surface area (Å²) in [5.41, 5.74) is 2.96. The van der Waals surface area contributed by atoms with Gasteiger partial charge in [-0.25, -0.2) is 9.97 Å². The Hall–Kier alpha value is -3.24. The number of aromatic hydroxyl groups is 1. The first-order chi connectivity index (χ1) is 12.8.